The number of nitrogens with two attached hydrogens (primary N) is 1. The summed E-state index contributed by atoms with van der Waals surface area (Å²) in [7, 11) is 6.41. The SMILES string of the molecule is COCCN=C(N)NCCc1ccc(OC)c(OC)c1OC. The monoisotopic (exact) mass is 311 g/mol. The van der Waals surface area contributed by atoms with Crippen LogP contribution in [0.2, 0.25) is 0 Å². The van der Waals surface area contributed by atoms with Gasteiger partial charge in [-0.25, -0.2) is 0 Å². The first-order valence-corrected chi connectivity index (χ1v) is 6.98. The molecule has 0 amide bonds. The molecular formula is C15H25N3O4. The second-order valence-corrected chi connectivity index (χ2v) is 4.43. The summed E-state index contributed by atoms with van der Waals surface area (Å²) in [6.07, 6.45) is 0.712. The van der Waals surface area contributed by atoms with Crippen LogP contribution in [-0.2, 0) is 11.2 Å². The lowest BCUT2D eigenvalue weighted by Crippen LogP contribution is -2.33. The average molecular weight is 311 g/mol. The molecule has 0 heterocycles. The van der Waals surface area contributed by atoms with Gasteiger partial charge in [0.05, 0.1) is 34.5 Å². The van der Waals surface area contributed by atoms with Crippen molar-refractivity contribution < 1.29 is 18.9 Å². The molecule has 7 heteroatoms. The highest BCUT2D eigenvalue weighted by atomic mass is 16.5. The highest BCUT2D eigenvalue weighted by molar-refractivity contribution is 5.77. The van der Waals surface area contributed by atoms with Gasteiger partial charge in [-0.2, -0.15) is 0 Å². The number of hydrogen-bond acceptors (Lipinski definition) is 5. The Morgan fingerprint density at radius 3 is 2.41 bits per heavy atom. The molecule has 7 nitrogen and oxygen atoms in total. The third kappa shape index (κ3) is 5.00. The summed E-state index contributed by atoms with van der Waals surface area (Å²) in [5, 5.41) is 3.05. The van der Waals surface area contributed by atoms with Crippen molar-refractivity contribution in [3.05, 3.63) is 17.7 Å². The number of methoxy groups -OCH3 is 4. The Balaban J connectivity index is 2.68. The Hall–Kier alpha value is -2.15. The van der Waals surface area contributed by atoms with E-state index in [4.69, 9.17) is 24.7 Å². The number of ether oxygens (including phenoxy) is 4. The van der Waals surface area contributed by atoms with Crippen LogP contribution in [0.15, 0.2) is 17.1 Å². The van der Waals surface area contributed by atoms with Crippen LogP contribution in [0.25, 0.3) is 0 Å². The minimum atomic E-state index is 0.400. The van der Waals surface area contributed by atoms with Gasteiger partial charge in [0.25, 0.3) is 0 Å². The summed E-state index contributed by atoms with van der Waals surface area (Å²) in [4.78, 5) is 4.13. The number of aliphatic imine (C=N–C) groups is 1. The molecule has 0 fully saturated rings. The molecule has 1 aromatic carbocycles. The summed E-state index contributed by atoms with van der Waals surface area (Å²) in [6, 6.07) is 3.80. The summed E-state index contributed by atoms with van der Waals surface area (Å²) in [6.45, 7) is 1.72. The van der Waals surface area contributed by atoms with Crippen LogP contribution in [0.3, 0.4) is 0 Å². The zero-order valence-corrected chi connectivity index (χ0v) is 13.6. The van der Waals surface area contributed by atoms with Gasteiger partial charge in [0, 0.05) is 19.2 Å². The maximum atomic E-state index is 5.76. The van der Waals surface area contributed by atoms with E-state index in [1.807, 2.05) is 12.1 Å². The van der Waals surface area contributed by atoms with Crippen molar-refractivity contribution in [2.75, 3.05) is 48.1 Å². The van der Waals surface area contributed by atoms with Gasteiger partial charge in [-0.05, 0) is 12.5 Å². The number of rotatable bonds is 9. The van der Waals surface area contributed by atoms with Gasteiger partial charge in [0.15, 0.2) is 17.5 Å². The lowest BCUT2D eigenvalue weighted by atomic mass is 10.1. The van der Waals surface area contributed by atoms with E-state index in [2.05, 4.69) is 10.3 Å². The quantitative estimate of drug-likeness (QED) is 0.398. The van der Waals surface area contributed by atoms with Crippen molar-refractivity contribution in [2.24, 2.45) is 10.7 Å². The van der Waals surface area contributed by atoms with Gasteiger partial charge in [0.1, 0.15) is 0 Å². The second kappa shape index (κ2) is 9.73. The molecule has 1 rings (SSSR count). The van der Waals surface area contributed by atoms with Crippen molar-refractivity contribution >= 4 is 5.96 Å². The number of nitrogens with zero attached hydrogens (tertiary/aromatic N) is 1. The molecule has 22 heavy (non-hydrogen) atoms. The van der Waals surface area contributed by atoms with Gasteiger partial charge < -0.3 is 30.0 Å². The van der Waals surface area contributed by atoms with Crippen LogP contribution in [0.5, 0.6) is 17.2 Å². The molecule has 1 aromatic rings. The van der Waals surface area contributed by atoms with Gasteiger partial charge in [-0.3, -0.25) is 4.99 Å². The Kier molecular flexibility index (Phi) is 7.91. The van der Waals surface area contributed by atoms with Crippen LogP contribution in [0.1, 0.15) is 5.56 Å². The summed E-state index contributed by atoms with van der Waals surface area (Å²) in [5.74, 6) is 2.29. The molecule has 0 unspecified atom stereocenters. The molecule has 0 saturated heterocycles. The molecule has 0 aliphatic heterocycles. The molecule has 3 N–H and O–H groups in total. The highest BCUT2D eigenvalue weighted by Crippen LogP contribution is 2.39. The molecule has 0 bridgehead atoms. The van der Waals surface area contributed by atoms with E-state index in [0.717, 1.165) is 5.56 Å². The van der Waals surface area contributed by atoms with Crippen molar-refractivity contribution in [1.29, 1.82) is 0 Å². The fourth-order valence-corrected chi connectivity index (χ4v) is 2.00. The molecule has 124 valence electrons. The van der Waals surface area contributed by atoms with Crippen LogP contribution < -0.4 is 25.3 Å². The Morgan fingerprint density at radius 2 is 1.82 bits per heavy atom. The Morgan fingerprint density at radius 1 is 1.09 bits per heavy atom. The summed E-state index contributed by atoms with van der Waals surface area (Å²) < 4.78 is 21.0. The van der Waals surface area contributed by atoms with Crippen LogP contribution >= 0.6 is 0 Å². The number of nitrogens with one attached hydrogen (secondary N) is 1. The molecule has 0 radical (unpaired) electrons. The molecule has 0 aromatic heterocycles. The zero-order valence-electron chi connectivity index (χ0n) is 13.6. The van der Waals surface area contributed by atoms with Gasteiger partial charge >= 0.3 is 0 Å². The smallest absolute Gasteiger partial charge is 0.203 e. The summed E-state index contributed by atoms with van der Waals surface area (Å²) >= 11 is 0. The second-order valence-electron chi connectivity index (χ2n) is 4.43. The Bertz CT molecular complexity index is 492. The topological polar surface area (TPSA) is 87.3 Å². The van der Waals surface area contributed by atoms with Gasteiger partial charge in [-0.1, -0.05) is 6.07 Å². The lowest BCUT2D eigenvalue weighted by molar-refractivity contribution is 0.208. The third-order valence-corrected chi connectivity index (χ3v) is 3.06. The fraction of sp³-hybridized carbons (Fsp3) is 0.533. The van der Waals surface area contributed by atoms with E-state index >= 15 is 0 Å². The first kappa shape index (κ1) is 17.9. The summed E-state index contributed by atoms with van der Waals surface area (Å²) in [5.41, 5.74) is 6.76. The minimum absolute atomic E-state index is 0.400. The zero-order chi connectivity index (χ0) is 16.4. The van der Waals surface area contributed by atoms with E-state index < -0.39 is 0 Å². The molecular weight excluding hydrogens is 286 g/mol. The molecule has 0 spiro atoms. The molecule has 0 aliphatic rings. The highest BCUT2D eigenvalue weighted by Gasteiger charge is 2.15. The maximum absolute atomic E-state index is 5.76. The maximum Gasteiger partial charge on any atom is 0.203 e. The van der Waals surface area contributed by atoms with Crippen LogP contribution in [0.4, 0.5) is 0 Å². The predicted molar refractivity (Wildman–Crippen MR) is 86.2 cm³/mol. The van der Waals surface area contributed by atoms with Crippen molar-refractivity contribution in [3.63, 3.8) is 0 Å². The van der Waals surface area contributed by atoms with E-state index in [1.165, 1.54) is 0 Å². The molecule has 0 saturated carbocycles. The van der Waals surface area contributed by atoms with Crippen LogP contribution in [-0.4, -0.2) is 54.1 Å². The Labute approximate surface area is 131 Å². The largest absolute Gasteiger partial charge is 0.493 e. The van der Waals surface area contributed by atoms with Crippen LogP contribution in [0, 0.1) is 0 Å². The third-order valence-electron chi connectivity index (χ3n) is 3.06. The number of benzene rings is 1. The standard InChI is InChI=1S/C15H25N3O4/c1-19-10-9-18-15(16)17-8-7-11-5-6-12(20-2)14(22-4)13(11)21-3/h5-6H,7-10H2,1-4H3,(H3,16,17,18). The van der Waals surface area contributed by atoms with Gasteiger partial charge in [-0.15, -0.1) is 0 Å². The normalized spacial score (nSPS) is 11.2. The first-order valence-electron chi connectivity index (χ1n) is 6.98. The van der Waals surface area contributed by atoms with E-state index in [9.17, 15) is 0 Å². The lowest BCUT2D eigenvalue weighted by Gasteiger charge is -2.16. The minimum Gasteiger partial charge on any atom is -0.493 e. The number of guanidine groups is 1. The van der Waals surface area contributed by atoms with Crippen molar-refractivity contribution in [1.82, 2.24) is 5.32 Å². The predicted octanol–water partition coefficient (Wildman–Crippen LogP) is 0.806. The molecule has 0 atom stereocenters. The first-order chi connectivity index (χ1) is 10.7. The van der Waals surface area contributed by atoms with Crippen molar-refractivity contribution in [2.45, 2.75) is 6.42 Å². The van der Waals surface area contributed by atoms with E-state index in [0.29, 0.717) is 49.3 Å². The van der Waals surface area contributed by atoms with E-state index in [1.54, 1.807) is 28.4 Å². The van der Waals surface area contributed by atoms with E-state index in [-0.39, 0.29) is 0 Å². The number of hydrogen-bond donors (Lipinski definition) is 2. The van der Waals surface area contributed by atoms with Crippen molar-refractivity contribution in [3.8, 4) is 17.2 Å². The van der Waals surface area contributed by atoms with Gasteiger partial charge in [0.2, 0.25) is 5.75 Å². The fourth-order valence-electron chi connectivity index (χ4n) is 2.00. The molecule has 0 aliphatic carbocycles. The average Bonchev–Trinajstić information content (AvgIpc) is 2.54.